The number of carboxylic acid groups (broad SMARTS) is 1. The van der Waals surface area contributed by atoms with Crippen molar-refractivity contribution in [3.63, 3.8) is 0 Å². The monoisotopic (exact) mass is 282 g/mol. The predicted molar refractivity (Wildman–Crippen MR) is 67.5 cm³/mol. The van der Waals surface area contributed by atoms with E-state index in [4.69, 9.17) is 0 Å². The van der Waals surface area contributed by atoms with Crippen LogP contribution >= 0.6 is 0 Å². The van der Waals surface area contributed by atoms with Gasteiger partial charge in [0, 0.05) is 12.4 Å². The molecule has 0 saturated carbocycles. The standard InChI is InChI=1S/C14H28O3.K/c1-2-3-4-5-6-7-8-9-10-11-13(15)12-14(16)17;/h13,15H,2-12H2,1H3,(H,16,17);/q;+1/p-1. The fraction of sp³-hybridized carbons (Fsp3) is 0.929. The van der Waals surface area contributed by atoms with Crippen LogP contribution in [0.3, 0.4) is 0 Å². The molecule has 102 valence electrons. The molecule has 0 fully saturated rings. The van der Waals surface area contributed by atoms with Gasteiger partial charge in [-0.05, 0) is 6.42 Å². The van der Waals surface area contributed by atoms with Crippen LogP contribution in [0.2, 0.25) is 0 Å². The van der Waals surface area contributed by atoms with Crippen molar-refractivity contribution in [3.8, 4) is 0 Å². The second-order valence-electron chi connectivity index (χ2n) is 4.85. The number of carboxylic acids is 1. The van der Waals surface area contributed by atoms with Gasteiger partial charge in [-0.15, -0.1) is 0 Å². The normalized spacial score (nSPS) is 11.9. The van der Waals surface area contributed by atoms with Crippen LogP contribution in [0.1, 0.15) is 77.6 Å². The Balaban J connectivity index is 0. The summed E-state index contributed by atoms with van der Waals surface area (Å²) in [7, 11) is 0. The summed E-state index contributed by atoms with van der Waals surface area (Å²) in [6.45, 7) is 2.22. The van der Waals surface area contributed by atoms with E-state index in [0.29, 0.717) is 6.42 Å². The Bertz CT molecular complexity index is 186. The summed E-state index contributed by atoms with van der Waals surface area (Å²) in [4.78, 5) is 10.2. The quantitative estimate of drug-likeness (QED) is 0.384. The summed E-state index contributed by atoms with van der Waals surface area (Å²) in [6.07, 6.45) is 10.7. The van der Waals surface area contributed by atoms with E-state index in [-0.39, 0.29) is 57.8 Å². The molecule has 0 bridgehead atoms. The molecule has 0 radical (unpaired) electrons. The smallest absolute Gasteiger partial charge is 0.550 e. The van der Waals surface area contributed by atoms with Gasteiger partial charge < -0.3 is 15.0 Å². The first-order valence-electron chi connectivity index (χ1n) is 7.04. The second-order valence-corrected chi connectivity index (χ2v) is 4.85. The molecule has 0 heterocycles. The van der Waals surface area contributed by atoms with Crippen molar-refractivity contribution in [3.05, 3.63) is 0 Å². The predicted octanol–water partition coefficient (Wildman–Crippen LogP) is -0.588. The third-order valence-corrected chi connectivity index (χ3v) is 3.04. The molecule has 0 rings (SSSR count). The topological polar surface area (TPSA) is 60.4 Å². The van der Waals surface area contributed by atoms with Gasteiger partial charge in [-0.3, -0.25) is 0 Å². The molecule has 0 aromatic carbocycles. The largest absolute Gasteiger partial charge is 1.00 e. The summed E-state index contributed by atoms with van der Waals surface area (Å²) >= 11 is 0. The Morgan fingerprint density at radius 3 is 1.89 bits per heavy atom. The zero-order valence-electron chi connectivity index (χ0n) is 12.1. The van der Waals surface area contributed by atoms with Crippen molar-refractivity contribution in [1.29, 1.82) is 0 Å². The molecule has 0 aromatic heterocycles. The molecule has 3 nitrogen and oxygen atoms in total. The van der Waals surface area contributed by atoms with Gasteiger partial charge in [0.15, 0.2) is 0 Å². The third-order valence-electron chi connectivity index (χ3n) is 3.04. The summed E-state index contributed by atoms with van der Waals surface area (Å²) in [5.74, 6) is -1.16. The molecule has 0 aliphatic heterocycles. The van der Waals surface area contributed by atoms with Crippen LogP contribution in [0.15, 0.2) is 0 Å². The van der Waals surface area contributed by atoms with Crippen LogP contribution in [0.5, 0.6) is 0 Å². The minimum absolute atomic E-state index is 0. The number of aliphatic carboxylic acids is 1. The van der Waals surface area contributed by atoms with Crippen molar-refractivity contribution in [2.45, 2.75) is 83.7 Å². The zero-order chi connectivity index (χ0) is 12.9. The van der Waals surface area contributed by atoms with Crippen LogP contribution in [0.25, 0.3) is 0 Å². The maximum atomic E-state index is 10.2. The average molecular weight is 282 g/mol. The number of carbonyl (C=O) groups is 1. The Kier molecular flexibility index (Phi) is 19.1. The molecule has 1 unspecified atom stereocenters. The first kappa shape index (κ1) is 21.4. The van der Waals surface area contributed by atoms with Crippen LogP contribution in [-0.2, 0) is 4.79 Å². The van der Waals surface area contributed by atoms with E-state index in [1.165, 1.54) is 44.9 Å². The summed E-state index contributed by atoms with van der Waals surface area (Å²) < 4.78 is 0. The summed E-state index contributed by atoms with van der Waals surface area (Å²) in [5.41, 5.74) is 0. The molecule has 0 saturated heterocycles. The molecule has 0 aromatic rings. The van der Waals surface area contributed by atoms with Crippen molar-refractivity contribution in [2.75, 3.05) is 0 Å². The van der Waals surface area contributed by atoms with Crippen molar-refractivity contribution in [1.82, 2.24) is 0 Å². The van der Waals surface area contributed by atoms with Crippen molar-refractivity contribution >= 4 is 5.97 Å². The number of aliphatic hydroxyl groups excluding tert-OH is 1. The van der Waals surface area contributed by atoms with Gasteiger partial charge in [0.25, 0.3) is 0 Å². The third kappa shape index (κ3) is 17.1. The number of carbonyl (C=O) groups excluding carboxylic acids is 1. The number of unbranched alkanes of at least 4 members (excludes halogenated alkanes) is 8. The molecule has 4 heteroatoms. The van der Waals surface area contributed by atoms with Gasteiger partial charge in [-0.1, -0.05) is 64.7 Å². The van der Waals surface area contributed by atoms with Gasteiger partial charge in [0.05, 0.1) is 6.10 Å². The maximum Gasteiger partial charge on any atom is 1.00 e. The van der Waals surface area contributed by atoms with E-state index in [1.54, 1.807) is 0 Å². The molecular formula is C14H27KO3. The molecule has 1 atom stereocenters. The first-order valence-corrected chi connectivity index (χ1v) is 7.04. The molecule has 0 spiro atoms. The van der Waals surface area contributed by atoms with Crippen molar-refractivity contribution in [2.24, 2.45) is 0 Å². The van der Waals surface area contributed by atoms with Gasteiger partial charge in [-0.2, -0.15) is 0 Å². The van der Waals surface area contributed by atoms with E-state index in [2.05, 4.69) is 6.92 Å². The SMILES string of the molecule is CCCCCCCCCCCC(O)CC(=O)[O-].[K+]. The van der Waals surface area contributed by atoms with Crippen LogP contribution in [-0.4, -0.2) is 17.2 Å². The Morgan fingerprint density at radius 2 is 1.44 bits per heavy atom. The van der Waals surface area contributed by atoms with Gasteiger partial charge in [0.1, 0.15) is 0 Å². The zero-order valence-corrected chi connectivity index (χ0v) is 15.2. The van der Waals surface area contributed by atoms with E-state index in [9.17, 15) is 15.0 Å². The Labute approximate surface area is 154 Å². The van der Waals surface area contributed by atoms with Crippen LogP contribution in [0.4, 0.5) is 0 Å². The fourth-order valence-corrected chi connectivity index (χ4v) is 1.99. The Morgan fingerprint density at radius 1 is 1.00 bits per heavy atom. The second kappa shape index (κ2) is 16.1. The maximum absolute atomic E-state index is 10.2. The fourth-order valence-electron chi connectivity index (χ4n) is 1.99. The number of aliphatic hydroxyl groups is 1. The Hall–Kier alpha value is 1.07. The minimum atomic E-state index is -1.16. The molecule has 1 N–H and O–H groups in total. The van der Waals surface area contributed by atoms with E-state index in [1.807, 2.05) is 0 Å². The van der Waals surface area contributed by atoms with Crippen molar-refractivity contribution < 1.29 is 66.4 Å². The molecule has 0 aliphatic rings. The van der Waals surface area contributed by atoms with Gasteiger partial charge in [-0.25, -0.2) is 0 Å². The molecule has 18 heavy (non-hydrogen) atoms. The molecule has 0 aliphatic carbocycles. The molecule has 0 amide bonds. The number of rotatable bonds is 12. The minimum Gasteiger partial charge on any atom is -0.550 e. The number of hydrogen-bond acceptors (Lipinski definition) is 3. The first-order chi connectivity index (χ1) is 8.16. The number of hydrogen-bond donors (Lipinski definition) is 1. The summed E-state index contributed by atoms with van der Waals surface area (Å²) in [5, 5.41) is 19.5. The van der Waals surface area contributed by atoms with Crippen LogP contribution < -0.4 is 56.5 Å². The molecular weight excluding hydrogens is 255 g/mol. The van der Waals surface area contributed by atoms with E-state index >= 15 is 0 Å². The van der Waals surface area contributed by atoms with Gasteiger partial charge >= 0.3 is 51.4 Å². The van der Waals surface area contributed by atoms with Gasteiger partial charge in [0.2, 0.25) is 0 Å². The summed E-state index contributed by atoms with van der Waals surface area (Å²) in [6, 6.07) is 0. The van der Waals surface area contributed by atoms with E-state index < -0.39 is 12.1 Å². The van der Waals surface area contributed by atoms with E-state index in [0.717, 1.165) is 12.8 Å². The average Bonchev–Trinajstić information content (AvgIpc) is 2.26. The van der Waals surface area contributed by atoms with Crippen LogP contribution in [0, 0.1) is 0 Å².